The Bertz CT molecular complexity index is 419. The van der Waals surface area contributed by atoms with Crippen LogP contribution in [-0.2, 0) is 4.74 Å². The van der Waals surface area contributed by atoms with Crippen LogP contribution < -0.4 is 10.2 Å². The van der Waals surface area contributed by atoms with Crippen LogP contribution in [0.4, 0.5) is 12.9 Å². The number of hydrogen-bond acceptors (Lipinski definition) is 2. The van der Waals surface area contributed by atoms with E-state index in [1.807, 2.05) is 0 Å². The quantitative estimate of drug-likeness (QED) is 0.539. The van der Waals surface area contributed by atoms with Crippen molar-refractivity contribution in [1.29, 1.82) is 0 Å². The fourth-order valence-corrected chi connectivity index (χ4v) is 1.74. The Morgan fingerprint density at radius 2 is 1.80 bits per heavy atom. The molecule has 0 fully saturated rings. The highest BCUT2D eigenvalue weighted by molar-refractivity contribution is 6.74. The van der Waals surface area contributed by atoms with Crippen molar-refractivity contribution in [1.82, 2.24) is 0 Å². The molecule has 0 amide bonds. The summed E-state index contributed by atoms with van der Waals surface area (Å²) >= 11 is 0. The van der Waals surface area contributed by atoms with Gasteiger partial charge in [0.05, 0.1) is 6.61 Å². The minimum absolute atomic E-state index is 0.190. The first kappa shape index (κ1) is 16.9. The maximum absolute atomic E-state index is 12.6. The van der Waals surface area contributed by atoms with Gasteiger partial charge in [-0.2, -0.15) is 0 Å². The summed E-state index contributed by atoms with van der Waals surface area (Å²) < 4.78 is 48.7. The summed E-state index contributed by atoms with van der Waals surface area (Å²) in [5.41, 5.74) is -0.374. The van der Waals surface area contributed by atoms with E-state index in [1.54, 1.807) is 0 Å². The first-order chi connectivity index (χ1) is 9.30. The van der Waals surface area contributed by atoms with E-state index in [0.29, 0.717) is 31.5 Å². The van der Waals surface area contributed by atoms with Gasteiger partial charge in [-0.1, -0.05) is 25.5 Å². The number of benzene rings is 1. The smallest absolute Gasteiger partial charge is 0.491 e. The number of aryl methyl sites for hydroxylation is 1. The van der Waals surface area contributed by atoms with E-state index in [2.05, 4.69) is 13.8 Å². The zero-order chi connectivity index (χ0) is 15.2. The van der Waals surface area contributed by atoms with Crippen molar-refractivity contribution in [3.05, 3.63) is 23.8 Å². The first-order valence-corrected chi connectivity index (χ1v) is 6.81. The molecule has 0 saturated heterocycles. The summed E-state index contributed by atoms with van der Waals surface area (Å²) in [6.45, 7) is 2.18. The van der Waals surface area contributed by atoms with E-state index >= 15 is 0 Å². The summed E-state index contributed by atoms with van der Waals surface area (Å²) in [6.07, 6.45) is 0.988. The lowest BCUT2D eigenvalue weighted by Crippen LogP contribution is -2.35. The predicted molar refractivity (Wildman–Crippen MR) is 75.7 cm³/mol. The highest BCUT2D eigenvalue weighted by Gasteiger charge is 2.27. The summed E-state index contributed by atoms with van der Waals surface area (Å²) in [4.78, 5) is 0. The SMILES string of the molecule is Cc1cc(OCCOCCC(C)C)ccc1[B-](F)(F)F. The average molecular weight is 289 g/mol. The van der Waals surface area contributed by atoms with Crippen LogP contribution in [0.2, 0.25) is 0 Å². The zero-order valence-corrected chi connectivity index (χ0v) is 12.2. The lowest BCUT2D eigenvalue weighted by molar-refractivity contribution is 0.0926. The van der Waals surface area contributed by atoms with Gasteiger partial charge < -0.3 is 22.4 Å². The second-order valence-electron chi connectivity index (χ2n) is 5.24. The fraction of sp³-hybridized carbons (Fsp3) is 0.571. The Morgan fingerprint density at radius 1 is 1.10 bits per heavy atom. The van der Waals surface area contributed by atoms with Crippen molar-refractivity contribution in [3.8, 4) is 5.75 Å². The van der Waals surface area contributed by atoms with Gasteiger partial charge in [0.1, 0.15) is 12.4 Å². The van der Waals surface area contributed by atoms with Crippen molar-refractivity contribution >= 4 is 12.4 Å². The largest absolute Gasteiger partial charge is 0.509 e. The minimum atomic E-state index is -4.96. The van der Waals surface area contributed by atoms with E-state index in [1.165, 1.54) is 19.1 Å². The van der Waals surface area contributed by atoms with Gasteiger partial charge in [-0.25, -0.2) is 0 Å². The molecule has 2 nitrogen and oxygen atoms in total. The molecule has 0 heterocycles. The highest BCUT2D eigenvalue weighted by atomic mass is 19.4. The number of rotatable bonds is 8. The Labute approximate surface area is 118 Å². The van der Waals surface area contributed by atoms with Crippen LogP contribution in [0.3, 0.4) is 0 Å². The van der Waals surface area contributed by atoms with E-state index in [9.17, 15) is 12.9 Å². The molecule has 0 aliphatic carbocycles. The predicted octanol–water partition coefficient (Wildman–Crippen LogP) is 3.49. The molecule has 0 N–H and O–H groups in total. The highest BCUT2D eigenvalue weighted by Crippen LogP contribution is 2.17. The molecule has 0 saturated carbocycles. The molecule has 0 atom stereocenters. The summed E-state index contributed by atoms with van der Waals surface area (Å²) in [6, 6.07) is 3.84. The molecule has 0 radical (unpaired) electrons. The lowest BCUT2D eigenvalue weighted by atomic mass is 9.77. The van der Waals surface area contributed by atoms with Crippen molar-refractivity contribution in [2.45, 2.75) is 27.2 Å². The molecule has 0 spiro atoms. The van der Waals surface area contributed by atoms with Gasteiger partial charge in [0, 0.05) is 6.61 Å². The summed E-state index contributed by atoms with van der Waals surface area (Å²) in [5, 5.41) is 0. The summed E-state index contributed by atoms with van der Waals surface area (Å²) in [7, 11) is 0. The fourth-order valence-electron chi connectivity index (χ4n) is 1.74. The monoisotopic (exact) mass is 289 g/mol. The van der Waals surface area contributed by atoms with Gasteiger partial charge in [-0.3, -0.25) is 0 Å². The van der Waals surface area contributed by atoms with Crippen molar-refractivity contribution in [3.63, 3.8) is 0 Å². The zero-order valence-electron chi connectivity index (χ0n) is 12.2. The Kier molecular flexibility index (Phi) is 6.39. The normalized spacial score (nSPS) is 11.9. The summed E-state index contributed by atoms with van der Waals surface area (Å²) in [5.74, 6) is 1.04. The molecule has 1 rings (SSSR count). The minimum Gasteiger partial charge on any atom is -0.491 e. The van der Waals surface area contributed by atoms with Gasteiger partial charge in [0.25, 0.3) is 0 Å². The van der Waals surface area contributed by atoms with Crippen LogP contribution in [0.1, 0.15) is 25.8 Å². The Morgan fingerprint density at radius 3 is 2.35 bits per heavy atom. The van der Waals surface area contributed by atoms with Gasteiger partial charge in [-0.15, -0.1) is 5.46 Å². The second-order valence-corrected chi connectivity index (χ2v) is 5.24. The molecule has 6 heteroatoms. The van der Waals surface area contributed by atoms with Gasteiger partial charge in [0.2, 0.25) is 0 Å². The number of halogens is 3. The molecule has 1 aromatic rings. The Hall–Kier alpha value is -1.17. The number of ether oxygens (including phenoxy) is 2. The van der Waals surface area contributed by atoms with Crippen molar-refractivity contribution < 1.29 is 22.4 Å². The molecule has 0 bridgehead atoms. The molecule has 0 aliphatic heterocycles. The van der Waals surface area contributed by atoms with Crippen LogP contribution in [0.25, 0.3) is 0 Å². The van der Waals surface area contributed by atoms with Gasteiger partial charge in [0.15, 0.2) is 0 Å². The van der Waals surface area contributed by atoms with E-state index in [4.69, 9.17) is 9.47 Å². The lowest BCUT2D eigenvalue weighted by Gasteiger charge is -2.18. The maximum atomic E-state index is 12.6. The van der Waals surface area contributed by atoms with E-state index < -0.39 is 12.4 Å². The third kappa shape index (κ3) is 5.86. The van der Waals surface area contributed by atoms with Crippen molar-refractivity contribution in [2.24, 2.45) is 5.92 Å². The van der Waals surface area contributed by atoms with Crippen molar-refractivity contribution in [2.75, 3.05) is 19.8 Å². The third-order valence-electron chi connectivity index (χ3n) is 2.93. The molecule has 1 aromatic carbocycles. The standard InChI is InChI=1S/C14H21BF3O2/c1-11(2)6-7-19-8-9-20-13-4-5-14(12(3)10-13)15(16,17)18/h4-5,10-11H,6-9H2,1-3H3/q-1. The molecule has 114 valence electrons. The molecular formula is C14H21BF3O2-. The van der Waals surface area contributed by atoms with Crippen LogP contribution in [0, 0.1) is 12.8 Å². The average Bonchev–Trinajstić information content (AvgIpc) is 2.31. The molecule has 20 heavy (non-hydrogen) atoms. The maximum Gasteiger partial charge on any atom is 0.509 e. The van der Waals surface area contributed by atoms with Crippen LogP contribution >= 0.6 is 0 Å². The van der Waals surface area contributed by atoms with Gasteiger partial charge in [-0.05, 0) is 31.4 Å². The topological polar surface area (TPSA) is 18.5 Å². The van der Waals surface area contributed by atoms with Crippen LogP contribution in [0.15, 0.2) is 18.2 Å². The first-order valence-electron chi connectivity index (χ1n) is 6.81. The molecule has 0 aliphatic rings. The van der Waals surface area contributed by atoms with E-state index in [-0.39, 0.29) is 5.56 Å². The van der Waals surface area contributed by atoms with Crippen LogP contribution in [-0.4, -0.2) is 26.8 Å². The number of hydrogen-bond donors (Lipinski definition) is 0. The van der Waals surface area contributed by atoms with Crippen LogP contribution in [0.5, 0.6) is 5.75 Å². The third-order valence-corrected chi connectivity index (χ3v) is 2.93. The molecule has 0 unspecified atom stereocenters. The molecule has 0 aromatic heterocycles. The van der Waals surface area contributed by atoms with Gasteiger partial charge >= 0.3 is 6.98 Å². The Balaban J connectivity index is 2.37. The molecular weight excluding hydrogens is 268 g/mol. The second kappa shape index (κ2) is 7.57. The van der Waals surface area contributed by atoms with E-state index in [0.717, 1.165) is 12.5 Å².